The van der Waals surface area contributed by atoms with Crippen LogP contribution in [0.5, 0.6) is 0 Å². The Balaban J connectivity index is 1.63. The van der Waals surface area contributed by atoms with E-state index < -0.39 is 0 Å². The van der Waals surface area contributed by atoms with Gasteiger partial charge in [-0.05, 0) is 34.4 Å². The Morgan fingerprint density at radius 3 is 1.67 bits per heavy atom. The summed E-state index contributed by atoms with van der Waals surface area (Å²) in [5.41, 5.74) is 11.5. The molecular weight excluding hydrogens is 368 g/mol. The molecule has 0 radical (unpaired) electrons. The molecule has 1 aliphatic heterocycles. The first-order chi connectivity index (χ1) is 14.9. The van der Waals surface area contributed by atoms with Crippen molar-refractivity contribution in [2.45, 2.75) is 0 Å². The van der Waals surface area contributed by atoms with Crippen LogP contribution >= 0.6 is 0 Å². The molecule has 0 aromatic heterocycles. The lowest BCUT2D eigenvalue weighted by molar-refractivity contribution is -0.558. The van der Waals surface area contributed by atoms with Gasteiger partial charge in [-0.25, -0.2) is 0 Å². The smallest absolute Gasteiger partial charge is 0.181 e. The molecule has 1 aliphatic carbocycles. The summed E-state index contributed by atoms with van der Waals surface area (Å²) in [4.78, 5) is 1.83. The fraction of sp³-hybridized carbons (Fsp3) is 0. The highest BCUT2D eigenvalue weighted by Gasteiger charge is 2.36. The van der Waals surface area contributed by atoms with Crippen molar-refractivity contribution in [3.8, 4) is 11.1 Å². The van der Waals surface area contributed by atoms with E-state index in [2.05, 4.69) is 71.2 Å². The van der Waals surface area contributed by atoms with Gasteiger partial charge in [0.05, 0.1) is 15.6 Å². The number of nitrogens with one attached hydrogen (secondary N) is 1. The second kappa shape index (κ2) is 6.71. The lowest BCUT2D eigenvalue weighted by Crippen LogP contribution is -2.35. The van der Waals surface area contributed by atoms with Gasteiger partial charge in [-0.3, -0.25) is 0 Å². The van der Waals surface area contributed by atoms with Crippen LogP contribution < -0.4 is 10.5 Å². The van der Waals surface area contributed by atoms with Crippen molar-refractivity contribution in [3.05, 3.63) is 126 Å². The lowest BCUT2D eigenvalue weighted by atomic mass is 10.0. The van der Waals surface area contributed by atoms with E-state index in [0.29, 0.717) is 0 Å². The molecule has 6 rings (SSSR count). The van der Waals surface area contributed by atoms with Crippen molar-refractivity contribution in [1.29, 1.82) is 0 Å². The van der Waals surface area contributed by atoms with E-state index in [1.54, 1.807) is 0 Å². The van der Waals surface area contributed by atoms with Crippen LogP contribution in [0.2, 0.25) is 0 Å². The monoisotopic (exact) mass is 387 g/mol. The van der Waals surface area contributed by atoms with E-state index in [4.69, 9.17) is 5.11 Å². The average molecular weight is 387 g/mol. The highest BCUT2D eigenvalue weighted by Crippen LogP contribution is 2.47. The summed E-state index contributed by atoms with van der Waals surface area (Å²) in [5, 5.41) is 7.08. The summed E-state index contributed by atoms with van der Waals surface area (Å²) in [6, 6.07) is 37.5. The van der Waals surface area contributed by atoms with Crippen LogP contribution in [-0.2, 0) is 0 Å². The van der Waals surface area contributed by atoms with Gasteiger partial charge in [0.2, 0.25) is 5.82 Å². The van der Waals surface area contributed by atoms with Gasteiger partial charge in [0.1, 0.15) is 0 Å². The molecule has 0 amide bonds. The second-order valence-electron chi connectivity index (χ2n) is 7.31. The number of hydrogen-bond donors (Lipinski definition) is 1. The van der Waals surface area contributed by atoms with Crippen molar-refractivity contribution in [1.82, 2.24) is 5.53 Å². The summed E-state index contributed by atoms with van der Waals surface area (Å²) in [6.45, 7) is 0. The van der Waals surface area contributed by atoms with Gasteiger partial charge in [0.15, 0.2) is 0 Å². The molecule has 4 nitrogen and oxygen atoms in total. The maximum absolute atomic E-state index is 5.02. The molecule has 4 aromatic carbocycles. The number of benzene rings is 4. The van der Waals surface area contributed by atoms with E-state index in [1.165, 1.54) is 22.3 Å². The molecule has 1 N–H and O–H groups in total. The minimum Gasteiger partial charge on any atom is -0.181 e. The van der Waals surface area contributed by atoms with Gasteiger partial charge in [-0.2, -0.15) is 5.01 Å². The number of nitrogens with zero attached hydrogens (tertiary/aromatic N) is 3. The zero-order valence-electron chi connectivity index (χ0n) is 16.2. The van der Waals surface area contributed by atoms with Gasteiger partial charge in [0, 0.05) is 17.7 Å². The second-order valence-corrected chi connectivity index (χ2v) is 7.31. The lowest BCUT2D eigenvalue weighted by Gasteiger charge is -2.16. The Bertz CT molecular complexity index is 1260. The van der Waals surface area contributed by atoms with Crippen LogP contribution in [0.1, 0.15) is 11.1 Å². The topological polar surface area (TPSA) is 30.6 Å². The van der Waals surface area contributed by atoms with Crippen molar-refractivity contribution in [2.75, 3.05) is 5.01 Å². The molecule has 0 saturated carbocycles. The maximum atomic E-state index is 5.02. The average Bonchev–Trinajstić information content (AvgIpc) is 3.40. The number of anilines is 1. The number of hydrazine groups is 2. The van der Waals surface area contributed by atoms with Crippen molar-refractivity contribution in [2.24, 2.45) is 5.11 Å². The van der Waals surface area contributed by atoms with Crippen molar-refractivity contribution in [3.63, 3.8) is 0 Å². The molecule has 0 bridgehead atoms. The third kappa shape index (κ3) is 2.54. The van der Waals surface area contributed by atoms with Crippen LogP contribution in [0.3, 0.4) is 0 Å². The summed E-state index contributed by atoms with van der Waals surface area (Å²) in [6.07, 6.45) is 0. The third-order valence-corrected chi connectivity index (χ3v) is 5.52. The van der Waals surface area contributed by atoms with Gasteiger partial charge < -0.3 is 0 Å². The van der Waals surface area contributed by atoms with Crippen LogP contribution in [0.15, 0.2) is 120 Å². The summed E-state index contributed by atoms with van der Waals surface area (Å²) >= 11 is 0. The Morgan fingerprint density at radius 2 is 1.07 bits per heavy atom. The first kappa shape index (κ1) is 16.7. The number of hydrogen-bond acceptors (Lipinski definition) is 3. The Hall–Kier alpha value is -4.18. The molecular formula is C26H19N4+. The van der Waals surface area contributed by atoms with Crippen LogP contribution in [0.25, 0.3) is 16.7 Å². The van der Waals surface area contributed by atoms with E-state index in [9.17, 15) is 0 Å². The summed E-state index contributed by atoms with van der Waals surface area (Å²) in [7, 11) is 0. The highest BCUT2D eigenvalue weighted by molar-refractivity contribution is 6.02. The summed E-state index contributed by atoms with van der Waals surface area (Å²) < 4.78 is 0. The molecule has 0 atom stereocenters. The zero-order valence-corrected chi connectivity index (χ0v) is 16.2. The largest absolute Gasteiger partial charge is 0.267 e. The summed E-state index contributed by atoms with van der Waals surface area (Å²) in [5.74, 6) is 0.877. The van der Waals surface area contributed by atoms with E-state index >= 15 is 0 Å². The van der Waals surface area contributed by atoms with E-state index in [1.807, 2.05) is 53.3 Å². The van der Waals surface area contributed by atoms with Gasteiger partial charge >= 0.3 is 0 Å². The van der Waals surface area contributed by atoms with E-state index in [0.717, 1.165) is 22.8 Å². The first-order valence-electron chi connectivity index (χ1n) is 10.0. The van der Waals surface area contributed by atoms with Crippen molar-refractivity contribution < 1.29 is 4.81 Å². The quantitative estimate of drug-likeness (QED) is 0.370. The third-order valence-electron chi connectivity index (χ3n) is 5.52. The molecule has 0 saturated heterocycles. The van der Waals surface area contributed by atoms with Crippen LogP contribution in [0, 0.1) is 0 Å². The minimum absolute atomic E-state index is 0.877. The number of fused-ring (bicyclic) bond motifs is 3. The van der Waals surface area contributed by atoms with Gasteiger partial charge in [-0.15, -0.1) is 0 Å². The Kier molecular flexibility index (Phi) is 3.74. The predicted molar refractivity (Wildman–Crippen MR) is 119 cm³/mol. The highest BCUT2D eigenvalue weighted by atomic mass is 15.8. The van der Waals surface area contributed by atoms with Crippen LogP contribution in [0.4, 0.5) is 11.4 Å². The fourth-order valence-corrected chi connectivity index (χ4v) is 4.17. The molecule has 30 heavy (non-hydrogen) atoms. The number of rotatable bonds is 2. The van der Waals surface area contributed by atoms with Crippen molar-refractivity contribution >= 4 is 16.9 Å². The standard InChI is InChI=1S/C26H19N4/c1-3-11-19(12-4-1)29-26(27-30(28-29)20-13-5-2-6-14-20)25-23-17-9-7-15-21(23)22-16-8-10-18-24(22)25/h1-18H,(H,27,28)/q+1. The number of azo groups is 1. The molecule has 4 heteroatoms. The SMILES string of the molecule is c1ccc(N2N[N+](c3ccccc3)=NC2=C2c3ccccc3-c3ccccc32)cc1. The van der Waals surface area contributed by atoms with Crippen LogP contribution in [-0.4, -0.2) is 4.81 Å². The normalized spacial score (nSPS) is 14.3. The van der Waals surface area contributed by atoms with Gasteiger partial charge in [-0.1, -0.05) is 90.5 Å². The fourth-order valence-electron chi connectivity index (χ4n) is 4.17. The first-order valence-corrected chi connectivity index (χ1v) is 10.0. The minimum atomic E-state index is 0.877. The van der Waals surface area contributed by atoms with Gasteiger partial charge in [0.25, 0.3) is 5.69 Å². The molecule has 0 spiro atoms. The maximum Gasteiger partial charge on any atom is 0.267 e. The predicted octanol–water partition coefficient (Wildman–Crippen LogP) is 6.12. The molecule has 0 unspecified atom stereocenters. The molecule has 142 valence electrons. The number of para-hydroxylation sites is 2. The molecule has 1 heterocycles. The zero-order chi connectivity index (χ0) is 19.9. The molecule has 2 aliphatic rings. The van der Waals surface area contributed by atoms with E-state index in [-0.39, 0.29) is 0 Å². The molecule has 0 fully saturated rings. The molecule has 4 aromatic rings. The Morgan fingerprint density at radius 1 is 0.567 bits per heavy atom. The Labute approximate surface area is 175 Å².